The van der Waals surface area contributed by atoms with Crippen molar-refractivity contribution in [1.29, 1.82) is 0 Å². The molecule has 158 valence electrons. The Bertz CT molecular complexity index is 1290. The van der Waals surface area contributed by atoms with Crippen LogP contribution in [0, 0.1) is 0 Å². The minimum absolute atomic E-state index is 0.226. The Hall–Kier alpha value is -1.49. The fourth-order valence-electron chi connectivity index (χ4n) is 3.46. The van der Waals surface area contributed by atoms with Crippen LogP contribution in [0.3, 0.4) is 0 Å². The lowest BCUT2D eigenvalue weighted by Crippen LogP contribution is -2.40. The average molecular weight is 502 g/mol. The number of amides is 1. The highest BCUT2D eigenvalue weighted by molar-refractivity contribution is 7.91. The van der Waals surface area contributed by atoms with Crippen LogP contribution in [-0.4, -0.2) is 35.8 Å². The Morgan fingerprint density at radius 1 is 1.30 bits per heavy atom. The van der Waals surface area contributed by atoms with Crippen molar-refractivity contribution >= 4 is 72.0 Å². The molecule has 6 nitrogen and oxygen atoms in total. The van der Waals surface area contributed by atoms with Crippen LogP contribution in [0.1, 0.15) is 12.8 Å². The molecule has 0 bridgehead atoms. The minimum atomic E-state index is -3.73. The zero-order valence-corrected chi connectivity index (χ0v) is 19.6. The Balaban J connectivity index is 1.78. The summed E-state index contributed by atoms with van der Waals surface area (Å²) in [5, 5.41) is 2.70. The normalized spacial score (nSPS) is 18.3. The molecule has 1 aliphatic rings. The van der Waals surface area contributed by atoms with Gasteiger partial charge in [-0.15, -0.1) is 17.9 Å². The molecule has 3 aromatic rings. The molecule has 1 aliphatic heterocycles. The summed E-state index contributed by atoms with van der Waals surface area (Å²) in [6.45, 7) is 4.44. The second-order valence-electron chi connectivity index (χ2n) is 6.65. The van der Waals surface area contributed by atoms with E-state index >= 15 is 0 Å². The molecule has 30 heavy (non-hydrogen) atoms. The number of carbonyl (C=O) groups is 1. The maximum absolute atomic E-state index is 13.1. The van der Waals surface area contributed by atoms with Gasteiger partial charge in [-0.05, 0) is 36.4 Å². The zero-order chi connectivity index (χ0) is 21.5. The van der Waals surface area contributed by atoms with Crippen LogP contribution in [-0.2, 0) is 21.4 Å². The molecule has 0 saturated carbocycles. The number of thiophene rings is 1. The maximum Gasteiger partial charge on any atom is 0.266 e. The molecule has 1 aromatic carbocycles. The molecule has 11 heteroatoms. The van der Waals surface area contributed by atoms with E-state index in [9.17, 15) is 13.2 Å². The fraction of sp³-hybridized carbons (Fsp3) is 0.263. The first kappa shape index (κ1) is 21.7. The first-order chi connectivity index (χ1) is 14.3. The van der Waals surface area contributed by atoms with E-state index in [2.05, 4.69) is 11.6 Å². The topological polar surface area (TPSA) is 71.7 Å². The highest BCUT2D eigenvalue weighted by atomic mass is 35.5. The zero-order valence-electron chi connectivity index (χ0n) is 15.6. The second kappa shape index (κ2) is 8.57. The summed E-state index contributed by atoms with van der Waals surface area (Å²) in [4.78, 5) is 17.8. The summed E-state index contributed by atoms with van der Waals surface area (Å²) in [6, 6.07) is 5.78. The molecule has 0 spiro atoms. The molecular weight excluding hydrogens is 485 g/mol. The van der Waals surface area contributed by atoms with Gasteiger partial charge in [-0.3, -0.25) is 4.79 Å². The summed E-state index contributed by atoms with van der Waals surface area (Å²) in [7, 11) is -3.73. The van der Waals surface area contributed by atoms with Crippen molar-refractivity contribution in [3.05, 3.63) is 57.1 Å². The first-order valence-corrected chi connectivity index (χ1v) is 13.0. The van der Waals surface area contributed by atoms with Gasteiger partial charge in [0.15, 0.2) is 4.80 Å². The fourth-order valence-corrected chi connectivity index (χ4v) is 7.89. The second-order valence-corrected chi connectivity index (χ2v) is 11.5. The summed E-state index contributed by atoms with van der Waals surface area (Å²) in [5.74, 6) is -0.496. The number of fused-ring (bicyclic) bond motifs is 1. The number of hydrogen-bond acceptors (Lipinski definition) is 5. The van der Waals surface area contributed by atoms with Crippen molar-refractivity contribution in [2.24, 2.45) is 4.99 Å². The Morgan fingerprint density at radius 2 is 2.07 bits per heavy atom. The van der Waals surface area contributed by atoms with Crippen molar-refractivity contribution in [1.82, 2.24) is 8.87 Å². The van der Waals surface area contributed by atoms with Gasteiger partial charge in [-0.25, -0.2) is 8.42 Å². The van der Waals surface area contributed by atoms with Gasteiger partial charge in [0.2, 0.25) is 0 Å². The third-order valence-corrected chi connectivity index (χ3v) is 9.92. The van der Waals surface area contributed by atoms with E-state index in [0.717, 1.165) is 11.3 Å². The largest absolute Gasteiger partial charge is 0.311 e. The van der Waals surface area contributed by atoms with Gasteiger partial charge in [0.25, 0.3) is 15.9 Å². The summed E-state index contributed by atoms with van der Waals surface area (Å²) >= 11 is 15.1. The lowest BCUT2D eigenvalue weighted by molar-refractivity contribution is -0.121. The van der Waals surface area contributed by atoms with Gasteiger partial charge in [0, 0.05) is 13.1 Å². The standard InChI is InChI=1S/C19H17Cl2N3O3S3/c1-2-9-23-16-12(20)7-8-13(21)17(16)29-19(23)22-18(25)14-5-3-10-24(14)30(26,27)15-6-4-11-28-15/h2,4,6-8,11,14H,1,3,5,9-10H2. The molecule has 1 fully saturated rings. The number of carbonyl (C=O) groups excluding carboxylic acids is 1. The van der Waals surface area contributed by atoms with E-state index in [1.54, 1.807) is 40.3 Å². The van der Waals surface area contributed by atoms with Gasteiger partial charge < -0.3 is 4.57 Å². The number of sulfonamides is 1. The van der Waals surface area contributed by atoms with E-state index in [-0.39, 0.29) is 4.21 Å². The smallest absolute Gasteiger partial charge is 0.266 e. The molecule has 1 atom stereocenters. The van der Waals surface area contributed by atoms with Crippen molar-refractivity contribution in [3.8, 4) is 0 Å². The molecule has 0 N–H and O–H groups in total. The van der Waals surface area contributed by atoms with Crippen LogP contribution in [0.15, 0.2) is 51.5 Å². The predicted molar refractivity (Wildman–Crippen MR) is 122 cm³/mol. The van der Waals surface area contributed by atoms with Gasteiger partial charge in [-0.2, -0.15) is 9.30 Å². The third-order valence-electron chi connectivity index (χ3n) is 4.79. The average Bonchev–Trinajstić information content (AvgIpc) is 3.45. The first-order valence-electron chi connectivity index (χ1n) is 9.06. The maximum atomic E-state index is 13.1. The molecule has 0 aliphatic carbocycles. The van der Waals surface area contributed by atoms with Gasteiger partial charge in [-0.1, -0.05) is 46.7 Å². The number of hydrogen-bond donors (Lipinski definition) is 0. The Morgan fingerprint density at radius 3 is 2.77 bits per heavy atom. The summed E-state index contributed by atoms with van der Waals surface area (Å²) in [5.41, 5.74) is 0.676. The van der Waals surface area contributed by atoms with E-state index in [0.29, 0.717) is 51.0 Å². The highest BCUT2D eigenvalue weighted by Gasteiger charge is 2.40. The number of allylic oxidation sites excluding steroid dienone is 1. The molecular formula is C19H17Cl2N3O3S3. The van der Waals surface area contributed by atoms with E-state index in [4.69, 9.17) is 23.2 Å². The molecule has 1 amide bonds. The van der Waals surface area contributed by atoms with Crippen molar-refractivity contribution in [2.45, 2.75) is 29.6 Å². The molecule has 1 unspecified atom stereocenters. The van der Waals surface area contributed by atoms with Gasteiger partial charge >= 0.3 is 0 Å². The SMILES string of the molecule is C=CCn1c(=NC(=O)C2CCCN2S(=O)(=O)c2cccs2)sc2c(Cl)ccc(Cl)c21. The van der Waals surface area contributed by atoms with Gasteiger partial charge in [0.05, 0.1) is 20.3 Å². The Kier molecular flexibility index (Phi) is 6.20. The third kappa shape index (κ3) is 3.79. The summed E-state index contributed by atoms with van der Waals surface area (Å²) in [6.07, 6.45) is 2.71. The number of rotatable bonds is 5. The predicted octanol–water partition coefficient (Wildman–Crippen LogP) is 4.54. The van der Waals surface area contributed by atoms with Crippen molar-refractivity contribution in [2.75, 3.05) is 6.54 Å². The lowest BCUT2D eigenvalue weighted by atomic mass is 10.2. The van der Waals surface area contributed by atoms with Gasteiger partial charge in [0.1, 0.15) is 10.3 Å². The lowest BCUT2D eigenvalue weighted by Gasteiger charge is -2.20. The van der Waals surface area contributed by atoms with E-state index in [1.807, 2.05) is 0 Å². The summed E-state index contributed by atoms with van der Waals surface area (Å²) < 4.78 is 29.9. The molecule has 2 aromatic heterocycles. The quantitative estimate of drug-likeness (QED) is 0.481. The monoisotopic (exact) mass is 501 g/mol. The van der Waals surface area contributed by atoms with Crippen molar-refractivity contribution in [3.63, 3.8) is 0 Å². The number of thiazole rings is 1. The number of halogens is 2. The molecule has 4 rings (SSSR count). The minimum Gasteiger partial charge on any atom is -0.311 e. The van der Waals surface area contributed by atoms with Crippen LogP contribution in [0.5, 0.6) is 0 Å². The number of aromatic nitrogens is 1. The van der Waals surface area contributed by atoms with Crippen LogP contribution in [0.4, 0.5) is 0 Å². The van der Waals surface area contributed by atoms with E-state index in [1.165, 1.54) is 15.6 Å². The molecule has 0 radical (unpaired) electrons. The number of benzene rings is 1. The molecule has 3 heterocycles. The molecule has 1 saturated heterocycles. The van der Waals surface area contributed by atoms with Crippen LogP contribution >= 0.6 is 45.9 Å². The van der Waals surface area contributed by atoms with E-state index < -0.39 is 22.0 Å². The Labute approximate surface area is 191 Å². The van der Waals surface area contributed by atoms with Crippen LogP contribution < -0.4 is 4.80 Å². The van der Waals surface area contributed by atoms with Crippen molar-refractivity contribution < 1.29 is 13.2 Å². The van der Waals surface area contributed by atoms with Crippen LogP contribution in [0.25, 0.3) is 10.2 Å². The highest BCUT2D eigenvalue weighted by Crippen LogP contribution is 2.32. The van der Waals surface area contributed by atoms with Crippen LogP contribution in [0.2, 0.25) is 10.0 Å². The number of nitrogens with zero attached hydrogens (tertiary/aromatic N) is 3.